The number of halogens is 1. The third-order valence-corrected chi connectivity index (χ3v) is 6.03. The molecule has 7 nitrogen and oxygen atoms in total. The van der Waals surface area contributed by atoms with Crippen LogP contribution >= 0.6 is 0 Å². The van der Waals surface area contributed by atoms with E-state index in [1.807, 2.05) is 0 Å². The van der Waals surface area contributed by atoms with Gasteiger partial charge in [-0.2, -0.15) is 0 Å². The van der Waals surface area contributed by atoms with Crippen LogP contribution in [0.3, 0.4) is 0 Å². The summed E-state index contributed by atoms with van der Waals surface area (Å²) in [6.45, 7) is 3.46. The van der Waals surface area contributed by atoms with E-state index >= 15 is 0 Å². The van der Waals surface area contributed by atoms with Crippen molar-refractivity contribution in [2.45, 2.75) is 24.8 Å². The molecule has 0 saturated heterocycles. The minimum absolute atomic E-state index is 0.00222. The van der Waals surface area contributed by atoms with Crippen molar-refractivity contribution >= 4 is 27.0 Å². The third kappa shape index (κ3) is 3.83. The Bertz CT molecular complexity index is 1180. The maximum absolute atomic E-state index is 13.3. The first-order valence-corrected chi connectivity index (χ1v) is 10.2. The molecule has 1 aromatic heterocycles. The molecule has 2 aromatic carbocycles. The van der Waals surface area contributed by atoms with Gasteiger partial charge < -0.3 is 14.3 Å². The van der Waals surface area contributed by atoms with E-state index < -0.39 is 21.8 Å². The predicted octanol–water partition coefficient (Wildman–Crippen LogP) is 3.97. The van der Waals surface area contributed by atoms with E-state index in [-0.39, 0.29) is 39.0 Å². The zero-order valence-corrected chi connectivity index (χ0v) is 17.1. The van der Waals surface area contributed by atoms with Gasteiger partial charge in [-0.3, -0.25) is 0 Å². The molecule has 3 rings (SSSR count). The summed E-state index contributed by atoms with van der Waals surface area (Å²) in [5.74, 6) is -1.71. The lowest BCUT2D eigenvalue weighted by atomic mass is 10.1. The molecule has 9 heteroatoms. The first-order chi connectivity index (χ1) is 13.5. The van der Waals surface area contributed by atoms with E-state index in [2.05, 4.69) is 0 Å². The molecule has 0 saturated carbocycles. The van der Waals surface area contributed by atoms with Crippen LogP contribution in [0.25, 0.3) is 22.3 Å². The molecule has 0 amide bonds. The van der Waals surface area contributed by atoms with Crippen LogP contribution in [0.15, 0.2) is 45.7 Å². The third-order valence-electron chi connectivity index (χ3n) is 4.20. The fraction of sp³-hybridized carbons (Fsp3) is 0.250. The lowest BCUT2D eigenvalue weighted by molar-refractivity contribution is 0.0699. The van der Waals surface area contributed by atoms with Crippen LogP contribution in [0.2, 0.25) is 0 Å². The predicted molar refractivity (Wildman–Crippen MR) is 105 cm³/mol. The number of carboxylic acids is 1. The second-order valence-corrected chi connectivity index (χ2v) is 8.99. The number of aromatic carboxylic acids is 1. The summed E-state index contributed by atoms with van der Waals surface area (Å²) < 4.78 is 51.2. The zero-order chi connectivity index (χ0) is 21.5. The van der Waals surface area contributed by atoms with Crippen molar-refractivity contribution in [1.82, 2.24) is 4.31 Å². The van der Waals surface area contributed by atoms with E-state index in [0.717, 1.165) is 4.31 Å². The number of fused-ring (bicyclic) bond motifs is 1. The zero-order valence-electron chi connectivity index (χ0n) is 16.3. The number of sulfonamides is 1. The average molecular weight is 421 g/mol. The smallest absolute Gasteiger partial charge is 0.340 e. The number of rotatable bonds is 6. The Morgan fingerprint density at radius 2 is 1.79 bits per heavy atom. The molecule has 0 spiro atoms. The van der Waals surface area contributed by atoms with Crippen LogP contribution in [0.5, 0.6) is 5.75 Å². The summed E-state index contributed by atoms with van der Waals surface area (Å²) in [7, 11) is -1.12. The monoisotopic (exact) mass is 421 g/mol. The van der Waals surface area contributed by atoms with Gasteiger partial charge in [-0.1, -0.05) is 0 Å². The second kappa shape index (κ2) is 7.49. The van der Waals surface area contributed by atoms with Crippen molar-refractivity contribution < 1.29 is 31.9 Å². The Labute approximate surface area is 167 Å². The molecule has 1 N–H and O–H groups in total. The van der Waals surface area contributed by atoms with Crippen molar-refractivity contribution in [2.75, 3.05) is 14.1 Å². The largest absolute Gasteiger partial charge is 0.490 e. The Hall–Kier alpha value is -2.91. The van der Waals surface area contributed by atoms with Crippen LogP contribution in [-0.2, 0) is 10.0 Å². The number of hydrogen-bond acceptors (Lipinski definition) is 5. The van der Waals surface area contributed by atoms with E-state index in [9.17, 15) is 22.7 Å². The molecule has 0 bridgehead atoms. The highest BCUT2D eigenvalue weighted by Gasteiger charge is 2.28. The summed E-state index contributed by atoms with van der Waals surface area (Å²) in [6.07, 6.45) is -0.347. The normalized spacial score (nSPS) is 12.1. The Morgan fingerprint density at radius 1 is 1.17 bits per heavy atom. The van der Waals surface area contributed by atoms with Gasteiger partial charge in [-0.25, -0.2) is 21.9 Å². The molecule has 154 valence electrons. The number of furan rings is 1. The molecule has 1 heterocycles. The lowest BCUT2D eigenvalue weighted by Crippen LogP contribution is -2.23. The first kappa shape index (κ1) is 20.8. The molecular weight excluding hydrogens is 401 g/mol. The molecule has 0 atom stereocenters. The van der Waals surface area contributed by atoms with Crippen LogP contribution in [-0.4, -0.2) is 44.0 Å². The highest BCUT2D eigenvalue weighted by Crippen LogP contribution is 2.39. The molecule has 0 aliphatic rings. The molecule has 0 unspecified atom stereocenters. The molecule has 29 heavy (non-hydrogen) atoms. The maximum atomic E-state index is 13.3. The molecule has 3 aromatic rings. The van der Waals surface area contributed by atoms with Crippen molar-refractivity contribution in [2.24, 2.45) is 0 Å². The number of benzene rings is 2. The van der Waals surface area contributed by atoms with Crippen LogP contribution in [0, 0.1) is 5.82 Å². The highest BCUT2D eigenvalue weighted by molar-refractivity contribution is 7.89. The highest BCUT2D eigenvalue weighted by atomic mass is 32.2. The first-order valence-electron chi connectivity index (χ1n) is 8.71. The van der Waals surface area contributed by atoms with Crippen LogP contribution in [0.4, 0.5) is 4.39 Å². The summed E-state index contributed by atoms with van der Waals surface area (Å²) in [5, 5.41) is 9.94. The molecule has 0 aliphatic carbocycles. The van der Waals surface area contributed by atoms with Crippen molar-refractivity contribution in [1.29, 1.82) is 0 Å². The summed E-state index contributed by atoms with van der Waals surface area (Å²) in [5.41, 5.74) is 0.260. The maximum Gasteiger partial charge on any atom is 0.340 e. The standard InChI is InChI=1S/C20H20FNO6S/c1-11(2)27-16-9-14-15(10-17(16)29(25,26)22(3)4)28-19(18(14)20(23)24)12-5-7-13(21)8-6-12/h5-11H,1-4H3,(H,23,24). The van der Waals surface area contributed by atoms with Gasteiger partial charge in [0.1, 0.15) is 33.4 Å². The van der Waals surface area contributed by atoms with Gasteiger partial charge in [0, 0.05) is 31.1 Å². The van der Waals surface area contributed by atoms with Gasteiger partial charge in [0.2, 0.25) is 10.0 Å². The molecule has 0 fully saturated rings. The number of carbonyl (C=O) groups is 1. The summed E-state index contributed by atoms with van der Waals surface area (Å²) in [4.78, 5) is 11.8. The van der Waals surface area contributed by atoms with Crippen LogP contribution in [0.1, 0.15) is 24.2 Å². The van der Waals surface area contributed by atoms with E-state index in [1.54, 1.807) is 13.8 Å². The van der Waals surface area contributed by atoms with Gasteiger partial charge in [0.25, 0.3) is 0 Å². The number of ether oxygens (including phenoxy) is 1. The molecular formula is C20H20FNO6S. The van der Waals surface area contributed by atoms with Gasteiger partial charge >= 0.3 is 5.97 Å². The van der Waals surface area contributed by atoms with Gasteiger partial charge in [0.05, 0.1) is 6.10 Å². The number of hydrogen-bond donors (Lipinski definition) is 1. The van der Waals surface area contributed by atoms with Crippen LogP contribution < -0.4 is 4.74 Å². The second-order valence-electron chi connectivity index (χ2n) is 6.87. The Balaban J connectivity index is 2.36. The number of nitrogens with zero attached hydrogens (tertiary/aromatic N) is 1. The topological polar surface area (TPSA) is 97.0 Å². The minimum Gasteiger partial charge on any atom is -0.490 e. The molecule has 0 aliphatic heterocycles. The SMILES string of the molecule is CC(C)Oc1cc2c(C(=O)O)c(-c3ccc(F)cc3)oc2cc1S(=O)(=O)N(C)C. The minimum atomic E-state index is -3.89. The van der Waals surface area contributed by atoms with E-state index in [0.29, 0.717) is 5.56 Å². The lowest BCUT2D eigenvalue weighted by Gasteiger charge is -2.17. The summed E-state index contributed by atoms with van der Waals surface area (Å²) in [6, 6.07) is 7.76. The molecule has 0 radical (unpaired) electrons. The fourth-order valence-corrected chi connectivity index (χ4v) is 3.88. The number of carboxylic acid groups (broad SMARTS) is 1. The quantitative estimate of drug-likeness (QED) is 0.647. The average Bonchev–Trinajstić information content (AvgIpc) is 2.99. The Morgan fingerprint density at radius 3 is 2.31 bits per heavy atom. The summed E-state index contributed by atoms with van der Waals surface area (Å²) >= 11 is 0. The van der Waals surface area contributed by atoms with Crippen molar-refractivity contribution in [3.8, 4) is 17.1 Å². The van der Waals surface area contributed by atoms with E-state index in [4.69, 9.17) is 9.15 Å². The fourth-order valence-electron chi connectivity index (χ4n) is 2.87. The van der Waals surface area contributed by atoms with Gasteiger partial charge in [0.15, 0.2) is 0 Å². The van der Waals surface area contributed by atoms with Crippen molar-refractivity contribution in [3.05, 3.63) is 47.8 Å². The van der Waals surface area contributed by atoms with Gasteiger partial charge in [-0.15, -0.1) is 0 Å². The Kier molecular flexibility index (Phi) is 5.38. The van der Waals surface area contributed by atoms with E-state index in [1.165, 1.54) is 50.5 Å². The van der Waals surface area contributed by atoms with Gasteiger partial charge in [-0.05, 0) is 44.2 Å². The van der Waals surface area contributed by atoms with Crippen molar-refractivity contribution in [3.63, 3.8) is 0 Å².